The molecule has 1 aromatic carbocycles. The number of benzene rings is 1. The molecule has 1 unspecified atom stereocenters. The van der Waals surface area contributed by atoms with Crippen LogP contribution in [0.25, 0.3) is 15.9 Å². The van der Waals surface area contributed by atoms with Crippen LogP contribution in [0.15, 0.2) is 36.7 Å². The summed E-state index contributed by atoms with van der Waals surface area (Å²) in [6.07, 6.45) is 4.38. The van der Waals surface area contributed by atoms with Gasteiger partial charge in [0.1, 0.15) is 6.04 Å². The summed E-state index contributed by atoms with van der Waals surface area (Å²) in [4.78, 5) is 36.7. The molecule has 0 fully saturated rings. The molecule has 1 atom stereocenters. The van der Waals surface area contributed by atoms with E-state index in [1.165, 1.54) is 11.8 Å². The van der Waals surface area contributed by atoms with Gasteiger partial charge in [0.05, 0.1) is 17.9 Å². The number of aromatic amines is 1. The third-order valence-corrected chi connectivity index (χ3v) is 6.18. The van der Waals surface area contributed by atoms with Crippen molar-refractivity contribution in [1.82, 2.24) is 24.6 Å². The van der Waals surface area contributed by atoms with Crippen molar-refractivity contribution in [2.75, 3.05) is 7.05 Å². The van der Waals surface area contributed by atoms with Crippen molar-refractivity contribution in [3.63, 3.8) is 0 Å². The van der Waals surface area contributed by atoms with Crippen LogP contribution in [0.2, 0.25) is 0 Å². The summed E-state index contributed by atoms with van der Waals surface area (Å²) in [7, 11) is 1.77. The van der Waals surface area contributed by atoms with Crippen LogP contribution in [-0.2, 0) is 22.6 Å². The fraction of sp³-hybridized carbons (Fsp3) is 0.318. The Labute approximate surface area is 178 Å². The number of aromatic nitrogens is 3. The van der Waals surface area contributed by atoms with E-state index >= 15 is 0 Å². The lowest BCUT2D eigenvalue weighted by atomic mass is 10.0. The van der Waals surface area contributed by atoms with Crippen molar-refractivity contribution in [2.24, 2.45) is 0 Å². The van der Waals surface area contributed by atoms with Crippen LogP contribution in [0.4, 0.5) is 0 Å². The number of fused-ring (bicyclic) bond motifs is 2. The zero-order valence-corrected chi connectivity index (χ0v) is 18.3. The van der Waals surface area contributed by atoms with Crippen LogP contribution in [0.1, 0.15) is 28.8 Å². The van der Waals surface area contributed by atoms with Crippen molar-refractivity contribution >= 4 is 39.0 Å². The Morgan fingerprint density at radius 1 is 1.30 bits per heavy atom. The van der Waals surface area contributed by atoms with Gasteiger partial charge in [-0.05, 0) is 25.5 Å². The normalized spacial score (nSPS) is 12.4. The standard InChI is InChI=1S/C22H25N5O2S/c1-13-11-27-20(14(2)24-22(27)30-13)12-26(4)21(29)19(25-15(3)28)9-16-10-23-18-8-6-5-7-17(16)18/h5-8,10-11,19,23H,9,12H2,1-4H3,(H,25,28). The lowest BCUT2D eigenvalue weighted by Crippen LogP contribution is -2.47. The van der Waals surface area contributed by atoms with E-state index in [9.17, 15) is 9.59 Å². The Kier molecular flexibility index (Phi) is 5.34. The number of rotatable bonds is 6. The number of hydrogen-bond acceptors (Lipinski definition) is 4. The molecule has 4 rings (SSSR count). The molecule has 0 saturated heterocycles. The van der Waals surface area contributed by atoms with Gasteiger partial charge >= 0.3 is 0 Å². The number of hydrogen-bond donors (Lipinski definition) is 2. The van der Waals surface area contributed by atoms with E-state index in [-0.39, 0.29) is 11.8 Å². The summed E-state index contributed by atoms with van der Waals surface area (Å²) in [6, 6.07) is 7.31. The highest BCUT2D eigenvalue weighted by Gasteiger charge is 2.26. The number of carbonyl (C=O) groups is 2. The van der Waals surface area contributed by atoms with Crippen molar-refractivity contribution in [3.05, 3.63) is 58.5 Å². The van der Waals surface area contributed by atoms with Gasteiger partial charge in [0.25, 0.3) is 0 Å². The second kappa shape index (κ2) is 7.95. The monoisotopic (exact) mass is 423 g/mol. The Bertz CT molecular complexity index is 1240. The summed E-state index contributed by atoms with van der Waals surface area (Å²) in [5.41, 5.74) is 3.91. The van der Waals surface area contributed by atoms with E-state index < -0.39 is 6.04 Å². The van der Waals surface area contributed by atoms with E-state index in [4.69, 9.17) is 0 Å². The first-order valence-corrected chi connectivity index (χ1v) is 10.7. The topological polar surface area (TPSA) is 82.5 Å². The number of nitrogens with one attached hydrogen (secondary N) is 2. The van der Waals surface area contributed by atoms with Crippen LogP contribution >= 0.6 is 11.3 Å². The van der Waals surface area contributed by atoms with Crippen LogP contribution in [0.5, 0.6) is 0 Å². The molecular formula is C22H25N5O2S. The summed E-state index contributed by atoms with van der Waals surface area (Å²) < 4.78 is 2.05. The highest BCUT2D eigenvalue weighted by Crippen LogP contribution is 2.23. The highest BCUT2D eigenvalue weighted by atomic mass is 32.1. The summed E-state index contributed by atoms with van der Waals surface area (Å²) in [6.45, 7) is 5.86. The van der Waals surface area contributed by atoms with Gasteiger partial charge in [-0.1, -0.05) is 18.2 Å². The van der Waals surface area contributed by atoms with Crippen LogP contribution in [0, 0.1) is 13.8 Å². The van der Waals surface area contributed by atoms with E-state index in [0.29, 0.717) is 13.0 Å². The number of aryl methyl sites for hydroxylation is 2. The number of para-hydroxylation sites is 1. The first-order chi connectivity index (χ1) is 14.3. The first kappa shape index (κ1) is 20.2. The number of nitrogens with zero attached hydrogens (tertiary/aromatic N) is 3. The molecule has 0 aliphatic carbocycles. The molecule has 0 aliphatic heterocycles. The van der Waals surface area contributed by atoms with E-state index in [0.717, 1.165) is 32.8 Å². The molecule has 0 aliphatic rings. The Hall–Kier alpha value is -3.13. The summed E-state index contributed by atoms with van der Waals surface area (Å²) in [5.74, 6) is -0.352. The fourth-order valence-corrected chi connectivity index (χ4v) is 4.72. The first-order valence-electron chi connectivity index (χ1n) is 9.84. The highest BCUT2D eigenvalue weighted by molar-refractivity contribution is 7.17. The minimum absolute atomic E-state index is 0.128. The largest absolute Gasteiger partial charge is 0.361 e. The molecule has 0 saturated carbocycles. The van der Waals surface area contributed by atoms with Crippen LogP contribution in [0.3, 0.4) is 0 Å². The predicted octanol–water partition coefficient (Wildman–Crippen LogP) is 3.20. The smallest absolute Gasteiger partial charge is 0.245 e. The zero-order chi connectivity index (χ0) is 21.4. The number of thiazole rings is 1. The summed E-state index contributed by atoms with van der Waals surface area (Å²) >= 11 is 1.63. The number of H-pyrrole nitrogens is 1. The van der Waals surface area contributed by atoms with Gasteiger partial charge in [0.15, 0.2) is 4.96 Å². The van der Waals surface area contributed by atoms with Gasteiger partial charge in [-0.15, -0.1) is 11.3 Å². The molecule has 156 valence electrons. The second-order valence-electron chi connectivity index (χ2n) is 7.65. The van der Waals surface area contributed by atoms with Gasteiger partial charge in [-0.2, -0.15) is 0 Å². The van der Waals surface area contributed by atoms with Gasteiger partial charge in [0, 0.05) is 48.6 Å². The van der Waals surface area contributed by atoms with Gasteiger partial charge in [-0.3, -0.25) is 14.0 Å². The number of imidazole rings is 1. The Morgan fingerprint density at radius 3 is 2.83 bits per heavy atom. The predicted molar refractivity (Wildman–Crippen MR) is 119 cm³/mol. The zero-order valence-electron chi connectivity index (χ0n) is 17.5. The average molecular weight is 424 g/mol. The van der Waals surface area contributed by atoms with Crippen molar-refractivity contribution in [2.45, 2.75) is 39.8 Å². The SMILES string of the molecule is CC(=O)NC(Cc1c[nH]c2ccccc12)C(=O)N(C)Cc1c(C)nc2sc(C)cn12. The molecule has 0 bridgehead atoms. The van der Waals surface area contributed by atoms with Crippen molar-refractivity contribution in [3.8, 4) is 0 Å². The maximum atomic E-state index is 13.3. The van der Waals surface area contributed by atoms with Crippen LogP contribution in [-0.4, -0.2) is 44.2 Å². The molecule has 0 radical (unpaired) electrons. The molecule has 3 heterocycles. The fourth-order valence-electron chi connectivity index (χ4n) is 3.83. The maximum absolute atomic E-state index is 13.3. The number of amides is 2. The van der Waals surface area contributed by atoms with Gasteiger partial charge in [-0.25, -0.2) is 4.98 Å². The average Bonchev–Trinajstić information content (AvgIpc) is 3.34. The van der Waals surface area contributed by atoms with E-state index in [1.54, 1.807) is 23.3 Å². The van der Waals surface area contributed by atoms with Gasteiger partial charge in [0.2, 0.25) is 11.8 Å². The number of likely N-dealkylation sites (N-methyl/N-ethyl adjacent to an activating group) is 1. The Balaban J connectivity index is 1.58. The summed E-state index contributed by atoms with van der Waals surface area (Å²) in [5, 5.41) is 3.90. The molecule has 4 aromatic rings. The molecule has 7 nitrogen and oxygen atoms in total. The third kappa shape index (κ3) is 3.82. The van der Waals surface area contributed by atoms with E-state index in [1.807, 2.05) is 54.9 Å². The molecule has 3 aromatic heterocycles. The van der Waals surface area contributed by atoms with Gasteiger partial charge < -0.3 is 15.2 Å². The molecule has 2 amide bonds. The quantitative estimate of drug-likeness (QED) is 0.500. The second-order valence-corrected chi connectivity index (χ2v) is 8.86. The maximum Gasteiger partial charge on any atom is 0.245 e. The molecule has 30 heavy (non-hydrogen) atoms. The number of carbonyl (C=O) groups excluding carboxylic acids is 2. The lowest BCUT2D eigenvalue weighted by molar-refractivity contribution is -0.135. The third-order valence-electron chi connectivity index (χ3n) is 5.28. The molecule has 2 N–H and O–H groups in total. The molecular weight excluding hydrogens is 398 g/mol. The molecule has 8 heteroatoms. The van der Waals surface area contributed by atoms with E-state index in [2.05, 4.69) is 15.3 Å². The lowest BCUT2D eigenvalue weighted by Gasteiger charge is -2.24. The van der Waals surface area contributed by atoms with Crippen molar-refractivity contribution < 1.29 is 9.59 Å². The minimum atomic E-state index is -0.639. The minimum Gasteiger partial charge on any atom is -0.361 e. The molecule has 0 spiro atoms. The Morgan fingerprint density at radius 2 is 2.07 bits per heavy atom. The van der Waals surface area contributed by atoms with Crippen LogP contribution < -0.4 is 5.32 Å². The van der Waals surface area contributed by atoms with Crippen molar-refractivity contribution in [1.29, 1.82) is 0 Å².